The number of ether oxygens (including phenoxy) is 1. The summed E-state index contributed by atoms with van der Waals surface area (Å²) in [7, 11) is 0. The molecule has 29 heavy (non-hydrogen) atoms. The van der Waals surface area contributed by atoms with Crippen LogP contribution in [0.3, 0.4) is 0 Å². The number of benzene rings is 2. The highest BCUT2D eigenvalue weighted by Gasteiger charge is 2.30. The first-order valence-electron chi connectivity index (χ1n) is 8.35. The van der Waals surface area contributed by atoms with Crippen molar-refractivity contribution in [1.29, 1.82) is 0 Å². The average molecular weight is 514 g/mol. The first-order valence-corrected chi connectivity index (χ1v) is 9.43. The van der Waals surface area contributed by atoms with Crippen molar-refractivity contribution in [2.45, 2.75) is 13.3 Å². The molecule has 2 aromatic heterocycles. The minimum Gasteiger partial charge on any atom is -0.406 e. The fourth-order valence-electron chi connectivity index (χ4n) is 1.97. The van der Waals surface area contributed by atoms with E-state index in [1.807, 2.05) is 6.07 Å². The first kappa shape index (κ1) is 22.5. The van der Waals surface area contributed by atoms with Crippen molar-refractivity contribution in [3.8, 4) is 11.4 Å². The number of halogens is 4. The highest BCUT2D eigenvalue weighted by atomic mass is 127. The molecular formula is C20H18F3IN4O. The Hall–Kier alpha value is -2.82. The fraction of sp³-hybridized carbons (Fsp3) is 0.100. The van der Waals surface area contributed by atoms with Gasteiger partial charge in [-0.25, -0.2) is 4.68 Å². The molecule has 1 N–H and O–H groups in total. The molecule has 152 valence electrons. The summed E-state index contributed by atoms with van der Waals surface area (Å²) in [5, 5.41) is 10.2. The maximum Gasteiger partial charge on any atom is 0.573 e. The fourth-order valence-corrected chi connectivity index (χ4v) is 2.33. The summed E-state index contributed by atoms with van der Waals surface area (Å²) in [5.41, 5.74) is 1.99. The van der Waals surface area contributed by atoms with Gasteiger partial charge in [0.2, 0.25) is 0 Å². The van der Waals surface area contributed by atoms with Crippen LogP contribution in [0.15, 0.2) is 85.5 Å². The Labute approximate surface area is 179 Å². The molecule has 0 aliphatic rings. The second-order valence-electron chi connectivity index (χ2n) is 5.55. The Bertz CT molecular complexity index is 885. The molecule has 0 saturated carbocycles. The van der Waals surface area contributed by atoms with Crippen molar-refractivity contribution < 1.29 is 17.9 Å². The number of aromatic nitrogens is 4. The molecule has 4 rings (SSSR count). The second-order valence-corrected chi connectivity index (χ2v) is 6.80. The molecule has 0 fully saturated rings. The Morgan fingerprint density at radius 1 is 0.966 bits per heavy atom. The van der Waals surface area contributed by atoms with Crippen LogP contribution in [-0.2, 0) is 0 Å². The number of hydrogen-bond donors (Lipinski definition) is 1. The van der Waals surface area contributed by atoms with Crippen LogP contribution in [0, 0.1) is 10.5 Å². The third kappa shape index (κ3) is 9.28. The van der Waals surface area contributed by atoms with E-state index in [-0.39, 0.29) is 5.75 Å². The number of aryl methyl sites for hydroxylation is 1. The van der Waals surface area contributed by atoms with Gasteiger partial charge in [-0.15, -0.1) is 13.2 Å². The van der Waals surface area contributed by atoms with Crippen LogP contribution >= 0.6 is 22.6 Å². The molecule has 0 aliphatic carbocycles. The molecule has 0 atom stereocenters. The molecule has 0 unspecified atom stereocenters. The van der Waals surface area contributed by atoms with Crippen LogP contribution < -0.4 is 4.74 Å². The highest BCUT2D eigenvalue weighted by molar-refractivity contribution is 14.1. The maximum atomic E-state index is 11.9. The van der Waals surface area contributed by atoms with Crippen molar-refractivity contribution in [2.75, 3.05) is 0 Å². The number of nitrogens with zero attached hydrogens (tertiary/aromatic N) is 3. The Morgan fingerprint density at radius 3 is 2.07 bits per heavy atom. The van der Waals surface area contributed by atoms with Crippen molar-refractivity contribution >= 4 is 22.6 Å². The minimum absolute atomic E-state index is 0.247. The van der Waals surface area contributed by atoms with Gasteiger partial charge >= 0.3 is 6.36 Å². The molecule has 2 heterocycles. The lowest BCUT2D eigenvalue weighted by atomic mass is 10.2. The molecule has 4 aromatic rings. The van der Waals surface area contributed by atoms with E-state index in [9.17, 15) is 13.2 Å². The van der Waals surface area contributed by atoms with Gasteiger partial charge in [-0.05, 0) is 78.0 Å². The third-order valence-electron chi connectivity index (χ3n) is 3.26. The van der Waals surface area contributed by atoms with Crippen LogP contribution in [0.25, 0.3) is 5.69 Å². The maximum absolute atomic E-state index is 11.9. The second kappa shape index (κ2) is 11.2. The van der Waals surface area contributed by atoms with E-state index in [1.54, 1.807) is 30.9 Å². The van der Waals surface area contributed by atoms with E-state index in [2.05, 4.69) is 73.8 Å². The molecule has 0 bridgehead atoms. The van der Waals surface area contributed by atoms with E-state index in [0.29, 0.717) is 5.69 Å². The molecular weight excluding hydrogens is 496 g/mol. The monoisotopic (exact) mass is 514 g/mol. The van der Waals surface area contributed by atoms with Gasteiger partial charge in [-0.3, -0.25) is 5.10 Å². The summed E-state index contributed by atoms with van der Waals surface area (Å²) in [5.74, 6) is -0.247. The van der Waals surface area contributed by atoms with Gasteiger partial charge in [0.1, 0.15) is 5.75 Å². The summed E-state index contributed by atoms with van der Waals surface area (Å²) in [6.07, 6.45) is 2.08. The Kier molecular flexibility index (Phi) is 8.71. The van der Waals surface area contributed by atoms with Crippen molar-refractivity contribution in [1.82, 2.24) is 20.0 Å². The summed E-state index contributed by atoms with van der Waals surface area (Å²) >= 11 is 2.30. The number of hydrogen-bond acceptors (Lipinski definition) is 3. The number of H-pyrrole nitrogens is 1. The van der Waals surface area contributed by atoms with Gasteiger partial charge in [-0.1, -0.05) is 17.7 Å². The lowest BCUT2D eigenvalue weighted by Crippen LogP contribution is -2.17. The lowest BCUT2D eigenvalue weighted by molar-refractivity contribution is -0.274. The zero-order valence-corrected chi connectivity index (χ0v) is 17.5. The van der Waals surface area contributed by atoms with E-state index < -0.39 is 6.36 Å². The number of nitrogens with one attached hydrogen (secondary N) is 1. The van der Waals surface area contributed by atoms with Gasteiger partial charge in [0.25, 0.3) is 0 Å². The zero-order valence-electron chi connectivity index (χ0n) is 15.3. The zero-order chi connectivity index (χ0) is 21.1. The highest BCUT2D eigenvalue weighted by Crippen LogP contribution is 2.23. The minimum atomic E-state index is -4.66. The molecule has 0 spiro atoms. The standard InChI is InChI=1S/C10H7F3N2O.C7H7I.C3H4N2/c11-10(12,13)16-9-4-2-8(3-5-9)15-7-1-6-14-15;1-6-2-4-7(8)5-3-6;1-2-4-5-3-1/h1-7H;2-5H,1H3;1-3H,(H,4,5). The van der Waals surface area contributed by atoms with E-state index in [0.717, 1.165) is 0 Å². The van der Waals surface area contributed by atoms with Gasteiger partial charge in [0.05, 0.1) is 5.69 Å². The molecule has 2 aromatic carbocycles. The van der Waals surface area contributed by atoms with Crippen LogP contribution in [0.5, 0.6) is 5.75 Å². The Balaban J connectivity index is 0.000000190. The normalized spacial score (nSPS) is 10.2. The molecule has 5 nitrogen and oxygen atoms in total. The van der Waals surface area contributed by atoms with Crippen LogP contribution in [0.2, 0.25) is 0 Å². The summed E-state index contributed by atoms with van der Waals surface area (Å²) in [4.78, 5) is 0. The van der Waals surface area contributed by atoms with Crippen LogP contribution in [-0.4, -0.2) is 26.3 Å². The van der Waals surface area contributed by atoms with Gasteiger partial charge < -0.3 is 4.74 Å². The van der Waals surface area contributed by atoms with Gasteiger partial charge in [0.15, 0.2) is 0 Å². The number of alkyl halides is 3. The van der Waals surface area contributed by atoms with Crippen LogP contribution in [0.4, 0.5) is 13.2 Å². The van der Waals surface area contributed by atoms with Crippen molar-refractivity contribution in [3.63, 3.8) is 0 Å². The summed E-state index contributed by atoms with van der Waals surface area (Å²) in [6.45, 7) is 2.09. The van der Waals surface area contributed by atoms with Crippen molar-refractivity contribution in [2.24, 2.45) is 0 Å². The third-order valence-corrected chi connectivity index (χ3v) is 3.98. The largest absolute Gasteiger partial charge is 0.573 e. The number of rotatable bonds is 2. The SMILES string of the molecule is Cc1ccc(I)cc1.FC(F)(F)Oc1ccc(-n2cccn2)cc1.c1cn[nH]c1. The quantitative estimate of drug-likeness (QED) is 0.345. The summed E-state index contributed by atoms with van der Waals surface area (Å²) < 4.78 is 42.2. The lowest BCUT2D eigenvalue weighted by Gasteiger charge is -2.09. The molecule has 0 radical (unpaired) electrons. The van der Waals surface area contributed by atoms with Gasteiger partial charge in [0, 0.05) is 28.4 Å². The summed E-state index contributed by atoms with van der Waals surface area (Å²) in [6, 6.07) is 17.5. The average Bonchev–Trinajstić information content (AvgIpc) is 3.41. The van der Waals surface area contributed by atoms with E-state index in [4.69, 9.17) is 0 Å². The number of aromatic amines is 1. The predicted molar refractivity (Wildman–Crippen MR) is 113 cm³/mol. The topological polar surface area (TPSA) is 55.7 Å². The molecule has 9 heteroatoms. The first-order chi connectivity index (χ1) is 13.8. The smallest absolute Gasteiger partial charge is 0.406 e. The van der Waals surface area contributed by atoms with E-state index in [1.165, 1.54) is 38.1 Å². The predicted octanol–water partition coefficient (Wildman–Crippen LogP) is 5.78. The van der Waals surface area contributed by atoms with E-state index >= 15 is 0 Å². The Morgan fingerprint density at radius 2 is 1.66 bits per heavy atom. The molecule has 0 amide bonds. The molecule has 0 aliphatic heterocycles. The van der Waals surface area contributed by atoms with Gasteiger partial charge in [-0.2, -0.15) is 10.2 Å². The van der Waals surface area contributed by atoms with Crippen LogP contribution in [0.1, 0.15) is 5.56 Å². The van der Waals surface area contributed by atoms with Crippen molar-refractivity contribution in [3.05, 3.63) is 94.6 Å². The molecule has 0 saturated heterocycles.